The Morgan fingerprint density at radius 2 is 2.20 bits per heavy atom. The molecule has 0 aliphatic carbocycles. The van der Waals surface area contributed by atoms with Crippen LogP contribution < -0.4 is 5.84 Å². The van der Waals surface area contributed by atoms with Crippen LogP contribution in [-0.2, 0) is 0 Å². The second-order valence-corrected chi connectivity index (χ2v) is 0.353. The number of hydrogen-bond acceptors (Lipinski definition) is 3. The Morgan fingerprint density at radius 1 is 2.00 bits per heavy atom. The van der Waals surface area contributed by atoms with Crippen LogP contribution in [0.5, 0.6) is 0 Å². The summed E-state index contributed by atoms with van der Waals surface area (Å²) in [6, 6.07) is 0. The number of rotatable bonds is 1. The van der Waals surface area contributed by atoms with Crippen molar-refractivity contribution in [1.29, 1.82) is 0 Å². The van der Waals surface area contributed by atoms with Crippen molar-refractivity contribution in [3.05, 3.63) is 15.6 Å². The molecule has 0 fully saturated rings. The van der Waals surface area contributed by atoms with E-state index in [1.165, 1.54) is 0 Å². The van der Waals surface area contributed by atoms with E-state index in [-0.39, 0.29) is 0 Å². The Bertz CT molecular complexity index is 40.2. The average molecular weight is 76.0 g/mol. The highest BCUT2D eigenvalue weighted by Crippen LogP contribution is 1.63. The molecule has 2 N–H and O–H groups in total. The van der Waals surface area contributed by atoms with Crippen molar-refractivity contribution >= 4 is 0 Å². The molecule has 0 bridgehead atoms. The van der Waals surface area contributed by atoms with Crippen LogP contribution in [0.1, 0.15) is 0 Å². The Labute approximate surface area is 27.9 Å². The van der Waals surface area contributed by atoms with Crippen molar-refractivity contribution < 1.29 is 5.03 Å². The molecule has 30 valence electrons. The monoisotopic (exact) mass is 76.0 g/mol. The van der Waals surface area contributed by atoms with Gasteiger partial charge in [-0.2, -0.15) is 0 Å². The SMILES string of the molecule is N[N-][N+](=O)[O-]. The Morgan fingerprint density at radius 3 is 2.20 bits per heavy atom. The zero-order chi connectivity index (χ0) is 4.28. The van der Waals surface area contributed by atoms with E-state index in [1.807, 2.05) is 0 Å². The summed E-state index contributed by atoms with van der Waals surface area (Å²) in [5.74, 6) is 4.10. The largest absolute Gasteiger partial charge is 0.357 e. The smallest absolute Gasteiger partial charge is 0.00102 e. The molecule has 0 aromatic heterocycles. The molecule has 0 aliphatic rings. The lowest BCUT2D eigenvalue weighted by Gasteiger charge is -1.93. The minimum atomic E-state index is -0.972. The molecule has 0 aromatic rings. The van der Waals surface area contributed by atoms with Crippen molar-refractivity contribution in [2.45, 2.75) is 0 Å². The minimum absolute atomic E-state index is 0.972. The van der Waals surface area contributed by atoms with E-state index in [9.17, 15) is 0 Å². The maximum Gasteiger partial charge on any atom is -0.00102 e. The van der Waals surface area contributed by atoms with Gasteiger partial charge in [-0.1, -0.05) is 0 Å². The first-order valence-corrected chi connectivity index (χ1v) is 0.823. The van der Waals surface area contributed by atoms with Crippen LogP contribution in [0.25, 0.3) is 5.53 Å². The van der Waals surface area contributed by atoms with Crippen molar-refractivity contribution in [3.8, 4) is 0 Å². The second kappa shape index (κ2) is 1.48. The molecule has 0 aromatic carbocycles. The summed E-state index contributed by atoms with van der Waals surface area (Å²) in [5, 5.41) is 7.91. The molecule has 5 heteroatoms. The van der Waals surface area contributed by atoms with Crippen LogP contribution in [0, 0.1) is 10.1 Å². The topological polar surface area (TPSA) is 83.3 Å². The number of hydrogen-bond donors (Lipinski definition) is 1. The van der Waals surface area contributed by atoms with Crippen LogP contribution in [0.2, 0.25) is 0 Å². The van der Waals surface area contributed by atoms with Crippen LogP contribution in [-0.4, -0.2) is 5.03 Å². The van der Waals surface area contributed by atoms with E-state index >= 15 is 0 Å². The first kappa shape index (κ1) is 4.16. The molecule has 0 saturated carbocycles. The minimum Gasteiger partial charge on any atom is -0.357 e. The van der Waals surface area contributed by atoms with Crippen molar-refractivity contribution in [2.75, 3.05) is 0 Å². The molecular formula is H2N3O2-. The van der Waals surface area contributed by atoms with Gasteiger partial charge in [-0.25, -0.2) is 0 Å². The third-order valence-electron chi connectivity index (χ3n) is 0.0943. The summed E-state index contributed by atoms with van der Waals surface area (Å²) >= 11 is 0. The molecule has 0 spiro atoms. The van der Waals surface area contributed by atoms with Crippen molar-refractivity contribution in [3.63, 3.8) is 0 Å². The Kier molecular flexibility index (Phi) is 1.23. The van der Waals surface area contributed by atoms with Gasteiger partial charge in [-0.05, 0) is 5.03 Å². The lowest BCUT2D eigenvalue weighted by atomic mass is 12.5. The van der Waals surface area contributed by atoms with E-state index in [1.54, 1.807) is 0 Å². The van der Waals surface area contributed by atoms with Crippen LogP contribution in [0.15, 0.2) is 0 Å². The summed E-state index contributed by atoms with van der Waals surface area (Å²) in [4.78, 5) is 8.88. The molecular weight excluding hydrogens is 74.0 g/mol. The fourth-order valence-corrected chi connectivity index (χ4v) is 0. The van der Waals surface area contributed by atoms with Gasteiger partial charge in [-0.3, -0.25) is 10.1 Å². The van der Waals surface area contributed by atoms with Crippen LogP contribution in [0.3, 0.4) is 0 Å². The first-order valence-electron chi connectivity index (χ1n) is 0.823. The Balaban J connectivity index is 2.85. The van der Waals surface area contributed by atoms with Gasteiger partial charge >= 0.3 is 0 Å². The summed E-state index contributed by atoms with van der Waals surface area (Å²) in [5.41, 5.74) is 2.11. The molecule has 0 unspecified atom stereocenters. The van der Waals surface area contributed by atoms with E-state index in [2.05, 4.69) is 11.4 Å². The predicted molar refractivity (Wildman–Crippen MR) is 14.5 cm³/mol. The lowest BCUT2D eigenvalue weighted by Crippen LogP contribution is -1.95. The molecule has 0 amide bonds. The van der Waals surface area contributed by atoms with E-state index in [0.717, 1.165) is 0 Å². The highest BCUT2D eigenvalue weighted by atomic mass is 16.7. The number of nitrogens with two attached hydrogens (primary N) is 1. The fraction of sp³-hybridized carbons (Fsp3) is 0. The van der Waals surface area contributed by atoms with Gasteiger partial charge in [-0.15, -0.1) is 0 Å². The zero-order valence-electron chi connectivity index (χ0n) is 2.29. The molecule has 5 nitrogen and oxygen atoms in total. The van der Waals surface area contributed by atoms with Gasteiger partial charge < -0.3 is 11.4 Å². The van der Waals surface area contributed by atoms with Gasteiger partial charge in [0.2, 0.25) is 0 Å². The fourth-order valence-electron chi connectivity index (χ4n) is 0. The normalized spacial score (nSPS) is 6.60. The molecule has 0 atom stereocenters. The maximum absolute atomic E-state index is 8.88. The average Bonchev–Trinajstić information content (AvgIpc) is 1.38. The molecule has 5 heavy (non-hydrogen) atoms. The predicted octanol–water partition coefficient (Wildman–Crippen LogP) is -0.575. The maximum atomic E-state index is 8.88. The van der Waals surface area contributed by atoms with Crippen LogP contribution in [0.4, 0.5) is 0 Å². The first-order chi connectivity index (χ1) is 2.27. The van der Waals surface area contributed by atoms with Gasteiger partial charge in [0.25, 0.3) is 0 Å². The summed E-state index contributed by atoms with van der Waals surface area (Å²) in [6.07, 6.45) is 0. The quantitative estimate of drug-likeness (QED) is 0.258. The van der Waals surface area contributed by atoms with Crippen molar-refractivity contribution in [2.24, 2.45) is 5.84 Å². The highest BCUT2D eigenvalue weighted by molar-refractivity contribution is 4.28. The highest BCUT2D eigenvalue weighted by Gasteiger charge is 1.56. The van der Waals surface area contributed by atoms with Crippen LogP contribution >= 0.6 is 0 Å². The molecule has 0 saturated heterocycles. The van der Waals surface area contributed by atoms with Crippen molar-refractivity contribution in [1.82, 2.24) is 0 Å². The van der Waals surface area contributed by atoms with E-state index in [4.69, 9.17) is 10.1 Å². The standard InChI is InChI=1S/H2N3O2/c1-2-3(4)5/h1H2/q-1. The van der Waals surface area contributed by atoms with Gasteiger partial charge in [0.15, 0.2) is 0 Å². The summed E-state index contributed by atoms with van der Waals surface area (Å²) in [7, 11) is 0. The third kappa shape index (κ3) is 3.16. The number of nitrogens with zero attached hydrogens (tertiary/aromatic N) is 2. The van der Waals surface area contributed by atoms with Gasteiger partial charge in [0.05, 0.1) is 0 Å². The van der Waals surface area contributed by atoms with E-state index < -0.39 is 5.03 Å². The zero-order valence-corrected chi connectivity index (χ0v) is 2.29. The number of nitro groups is 1. The molecule has 0 radical (unpaired) electrons. The van der Waals surface area contributed by atoms with Gasteiger partial charge in [0.1, 0.15) is 0 Å². The summed E-state index contributed by atoms with van der Waals surface area (Å²) in [6.45, 7) is 0. The van der Waals surface area contributed by atoms with E-state index in [0.29, 0.717) is 0 Å². The summed E-state index contributed by atoms with van der Waals surface area (Å²) < 4.78 is 0. The Hall–Kier alpha value is -0.840. The third-order valence-corrected chi connectivity index (χ3v) is 0.0943. The lowest BCUT2D eigenvalue weighted by molar-refractivity contribution is -0.427. The second-order valence-electron chi connectivity index (χ2n) is 0.353. The van der Waals surface area contributed by atoms with Gasteiger partial charge in [0, 0.05) is 0 Å². The molecule has 0 heterocycles. The molecule has 0 aliphatic heterocycles. The molecule has 0 rings (SSSR count).